The molecule has 1 fully saturated rings. The number of aromatic nitrogens is 1. The van der Waals surface area contributed by atoms with Gasteiger partial charge in [-0.3, -0.25) is 4.79 Å². The number of hydrogen-bond acceptors (Lipinski definition) is 3. The van der Waals surface area contributed by atoms with Crippen LogP contribution in [0.2, 0.25) is 0 Å². The van der Waals surface area contributed by atoms with Crippen LogP contribution in [0.4, 0.5) is 0 Å². The van der Waals surface area contributed by atoms with Gasteiger partial charge in [0.2, 0.25) is 0 Å². The predicted octanol–water partition coefficient (Wildman–Crippen LogP) is 1.69. The fourth-order valence-corrected chi connectivity index (χ4v) is 2.41. The topological polar surface area (TPSA) is 53.4 Å². The van der Waals surface area contributed by atoms with Crippen molar-refractivity contribution in [2.75, 3.05) is 19.7 Å². The van der Waals surface area contributed by atoms with Gasteiger partial charge < -0.3 is 10.0 Å². The van der Waals surface area contributed by atoms with Gasteiger partial charge in [-0.1, -0.05) is 18.8 Å². The predicted molar refractivity (Wildman–Crippen MR) is 77.1 cm³/mol. The van der Waals surface area contributed by atoms with Crippen molar-refractivity contribution in [2.45, 2.75) is 26.2 Å². The second-order valence-electron chi connectivity index (χ2n) is 5.17. The Balaban J connectivity index is 2.19. The van der Waals surface area contributed by atoms with Gasteiger partial charge in [-0.15, -0.1) is 0 Å². The zero-order valence-corrected chi connectivity index (χ0v) is 11.8. The number of rotatable bonds is 2. The van der Waals surface area contributed by atoms with E-state index >= 15 is 0 Å². The Morgan fingerprint density at radius 3 is 3.20 bits per heavy atom. The summed E-state index contributed by atoms with van der Waals surface area (Å²) in [5.41, 5.74) is 1.07. The molecule has 0 bridgehead atoms. The molecule has 2 heterocycles. The molecular weight excluding hydrogens is 252 g/mol. The highest BCUT2D eigenvalue weighted by molar-refractivity contribution is 5.94. The molecule has 0 aromatic carbocycles. The Bertz CT molecular complexity index is 531. The van der Waals surface area contributed by atoms with Crippen molar-refractivity contribution in [2.24, 2.45) is 5.92 Å². The molecule has 0 aliphatic carbocycles. The van der Waals surface area contributed by atoms with Gasteiger partial charge in [-0.2, -0.15) is 0 Å². The van der Waals surface area contributed by atoms with E-state index in [2.05, 4.69) is 23.7 Å². The van der Waals surface area contributed by atoms with Crippen LogP contribution < -0.4 is 0 Å². The molecule has 106 valence electrons. The molecule has 1 aliphatic rings. The highest BCUT2D eigenvalue weighted by atomic mass is 16.2. The van der Waals surface area contributed by atoms with E-state index in [1.165, 1.54) is 6.42 Å². The molecule has 1 aliphatic heterocycles. The Labute approximate surface area is 119 Å². The second-order valence-corrected chi connectivity index (χ2v) is 5.17. The van der Waals surface area contributed by atoms with Crippen molar-refractivity contribution in [3.8, 4) is 11.8 Å². The van der Waals surface area contributed by atoms with Crippen LogP contribution >= 0.6 is 0 Å². The minimum atomic E-state index is -0.0366. The molecule has 1 N–H and O–H groups in total. The van der Waals surface area contributed by atoms with E-state index < -0.39 is 0 Å². The Morgan fingerprint density at radius 1 is 1.60 bits per heavy atom. The lowest BCUT2D eigenvalue weighted by atomic mass is 9.99. The summed E-state index contributed by atoms with van der Waals surface area (Å²) in [4.78, 5) is 18.6. The van der Waals surface area contributed by atoms with Crippen molar-refractivity contribution >= 4 is 5.91 Å². The third-order valence-electron chi connectivity index (χ3n) is 3.41. The Hall–Kier alpha value is -1.86. The number of piperidine rings is 1. The molecule has 1 saturated heterocycles. The van der Waals surface area contributed by atoms with Crippen LogP contribution in [0.5, 0.6) is 0 Å². The summed E-state index contributed by atoms with van der Waals surface area (Å²) in [5, 5.41) is 8.76. The van der Waals surface area contributed by atoms with Gasteiger partial charge in [0.15, 0.2) is 0 Å². The quantitative estimate of drug-likeness (QED) is 0.834. The molecule has 1 unspecified atom stereocenters. The molecule has 0 radical (unpaired) electrons. The SMILES string of the molecule is CC1CCCN(C(=O)c2ncccc2C#CCCO)C1. The third-order valence-corrected chi connectivity index (χ3v) is 3.41. The number of carbonyl (C=O) groups excluding carboxylic acids is 1. The van der Waals surface area contributed by atoms with E-state index in [1.54, 1.807) is 18.3 Å². The number of amides is 1. The van der Waals surface area contributed by atoms with Gasteiger partial charge in [-0.25, -0.2) is 4.98 Å². The number of likely N-dealkylation sites (tertiary alicyclic amines) is 1. The number of aliphatic hydroxyl groups excluding tert-OH is 1. The van der Waals surface area contributed by atoms with Gasteiger partial charge >= 0.3 is 0 Å². The summed E-state index contributed by atoms with van der Waals surface area (Å²) < 4.78 is 0. The van der Waals surface area contributed by atoms with Gasteiger partial charge in [0.1, 0.15) is 5.69 Å². The van der Waals surface area contributed by atoms with Crippen molar-refractivity contribution in [3.05, 3.63) is 29.6 Å². The fraction of sp³-hybridized carbons (Fsp3) is 0.500. The fourth-order valence-electron chi connectivity index (χ4n) is 2.41. The van der Waals surface area contributed by atoms with Crippen LogP contribution in [-0.2, 0) is 0 Å². The summed E-state index contributed by atoms with van der Waals surface area (Å²) in [6, 6.07) is 3.58. The van der Waals surface area contributed by atoms with E-state index in [9.17, 15) is 4.79 Å². The normalized spacial score (nSPS) is 18.3. The second kappa shape index (κ2) is 7.06. The van der Waals surface area contributed by atoms with Crippen LogP contribution in [0, 0.1) is 17.8 Å². The lowest BCUT2D eigenvalue weighted by Gasteiger charge is -2.30. The van der Waals surface area contributed by atoms with Crippen LogP contribution in [0.15, 0.2) is 18.3 Å². The minimum Gasteiger partial charge on any atom is -0.395 e. The first-order chi connectivity index (χ1) is 9.72. The lowest BCUT2D eigenvalue weighted by molar-refractivity contribution is 0.0677. The van der Waals surface area contributed by atoms with E-state index in [4.69, 9.17) is 5.11 Å². The summed E-state index contributed by atoms with van der Waals surface area (Å²) in [6.45, 7) is 3.78. The molecular formula is C16H20N2O2. The van der Waals surface area contributed by atoms with Crippen LogP contribution in [0.1, 0.15) is 42.2 Å². The molecule has 4 nitrogen and oxygen atoms in total. The van der Waals surface area contributed by atoms with Gasteiger partial charge in [0, 0.05) is 25.7 Å². The van der Waals surface area contributed by atoms with E-state index in [0.717, 1.165) is 19.5 Å². The minimum absolute atomic E-state index is 0.0280. The van der Waals surface area contributed by atoms with E-state index in [1.807, 2.05) is 4.90 Å². The summed E-state index contributed by atoms with van der Waals surface area (Å²) in [5.74, 6) is 6.28. The zero-order valence-electron chi connectivity index (χ0n) is 11.8. The molecule has 1 aromatic heterocycles. The summed E-state index contributed by atoms with van der Waals surface area (Å²) in [6.07, 6.45) is 4.25. The Morgan fingerprint density at radius 2 is 2.45 bits per heavy atom. The molecule has 0 spiro atoms. The van der Waals surface area contributed by atoms with Crippen molar-refractivity contribution in [3.63, 3.8) is 0 Å². The average Bonchev–Trinajstić information content (AvgIpc) is 2.47. The maximum atomic E-state index is 12.5. The highest BCUT2D eigenvalue weighted by Gasteiger charge is 2.24. The summed E-state index contributed by atoms with van der Waals surface area (Å²) in [7, 11) is 0. The smallest absolute Gasteiger partial charge is 0.273 e. The van der Waals surface area contributed by atoms with Gasteiger partial charge in [-0.05, 0) is 30.9 Å². The largest absolute Gasteiger partial charge is 0.395 e. The number of nitrogens with zero attached hydrogens (tertiary/aromatic N) is 2. The van der Waals surface area contributed by atoms with Crippen LogP contribution in [0.25, 0.3) is 0 Å². The lowest BCUT2D eigenvalue weighted by Crippen LogP contribution is -2.39. The number of carbonyl (C=O) groups is 1. The van der Waals surface area contributed by atoms with Crippen LogP contribution in [0.3, 0.4) is 0 Å². The molecule has 20 heavy (non-hydrogen) atoms. The third kappa shape index (κ3) is 3.58. The molecule has 2 rings (SSSR count). The van der Waals surface area contributed by atoms with Gasteiger partial charge in [0.05, 0.1) is 12.2 Å². The zero-order chi connectivity index (χ0) is 14.4. The molecule has 4 heteroatoms. The Kier molecular flexibility index (Phi) is 5.14. The maximum absolute atomic E-state index is 12.5. The first-order valence-electron chi connectivity index (χ1n) is 7.06. The van der Waals surface area contributed by atoms with E-state index in [-0.39, 0.29) is 12.5 Å². The first kappa shape index (κ1) is 14.5. The standard InChI is InChI=1S/C16H20N2O2/c1-13-6-5-10-18(12-13)16(20)15-14(7-2-3-11-19)8-4-9-17-15/h4,8-9,13,19H,3,5-6,10-12H2,1H3. The average molecular weight is 272 g/mol. The van der Waals surface area contributed by atoms with Crippen LogP contribution in [-0.4, -0.2) is 40.6 Å². The monoisotopic (exact) mass is 272 g/mol. The van der Waals surface area contributed by atoms with Gasteiger partial charge in [0.25, 0.3) is 5.91 Å². The maximum Gasteiger partial charge on any atom is 0.273 e. The number of hydrogen-bond donors (Lipinski definition) is 1. The van der Waals surface area contributed by atoms with Crippen molar-refractivity contribution in [1.29, 1.82) is 0 Å². The highest BCUT2D eigenvalue weighted by Crippen LogP contribution is 2.18. The molecule has 0 saturated carbocycles. The summed E-state index contributed by atoms with van der Waals surface area (Å²) >= 11 is 0. The first-order valence-corrected chi connectivity index (χ1v) is 7.06. The molecule has 1 aromatic rings. The molecule has 1 amide bonds. The van der Waals surface area contributed by atoms with E-state index in [0.29, 0.717) is 23.6 Å². The van der Waals surface area contributed by atoms with Crippen molar-refractivity contribution in [1.82, 2.24) is 9.88 Å². The molecule has 1 atom stereocenters. The number of pyridine rings is 1. The van der Waals surface area contributed by atoms with Crippen molar-refractivity contribution < 1.29 is 9.90 Å². The number of aliphatic hydroxyl groups is 1.